The van der Waals surface area contributed by atoms with E-state index in [0.29, 0.717) is 12.6 Å². The highest BCUT2D eigenvalue weighted by Gasteiger charge is 2.31. The molecular weight excluding hydrogens is 467 g/mol. The molecule has 2 aliphatic rings. The molecule has 1 aromatic rings. The Kier molecular flexibility index (Phi) is 9.81. The molecule has 6 nitrogen and oxygen atoms in total. The number of nitrogens with zero attached hydrogens (tertiary/aromatic N) is 2. The molecule has 1 unspecified atom stereocenters. The second-order valence-electron chi connectivity index (χ2n) is 7.69. The van der Waals surface area contributed by atoms with E-state index in [1.165, 1.54) is 25.9 Å². The third-order valence-corrected chi connectivity index (χ3v) is 5.17. The van der Waals surface area contributed by atoms with Crippen LogP contribution in [0.1, 0.15) is 38.2 Å². The summed E-state index contributed by atoms with van der Waals surface area (Å²) in [5, 5.41) is 17.0. The van der Waals surface area contributed by atoms with Gasteiger partial charge >= 0.3 is 0 Å². The molecule has 158 valence electrons. The van der Waals surface area contributed by atoms with E-state index >= 15 is 0 Å². The van der Waals surface area contributed by atoms with E-state index in [2.05, 4.69) is 27.4 Å². The van der Waals surface area contributed by atoms with Gasteiger partial charge in [-0.2, -0.15) is 0 Å². The van der Waals surface area contributed by atoms with Crippen LogP contribution in [0.2, 0.25) is 0 Å². The van der Waals surface area contributed by atoms with Gasteiger partial charge in [-0.3, -0.25) is 4.99 Å². The van der Waals surface area contributed by atoms with E-state index in [9.17, 15) is 5.11 Å². The molecule has 0 radical (unpaired) electrons. The average Bonchev–Trinajstić information content (AvgIpc) is 3.50. The zero-order chi connectivity index (χ0) is 19.1. The topological polar surface area (TPSA) is 69.1 Å². The Morgan fingerprint density at radius 3 is 2.68 bits per heavy atom. The third-order valence-electron chi connectivity index (χ3n) is 5.17. The minimum Gasteiger partial charge on any atom is -0.491 e. The highest BCUT2D eigenvalue weighted by molar-refractivity contribution is 14.0. The number of aliphatic imine (C=N–C) groups is 1. The van der Waals surface area contributed by atoms with E-state index in [4.69, 9.17) is 4.74 Å². The Hall–Kier alpha value is -1.06. The second-order valence-corrected chi connectivity index (χ2v) is 7.69. The van der Waals surface area contributed by atoms with Crippen molar-refractivity contribution in [1.82, 2.24) is 15.5 Å². The predicted octanol–water partition coefficient (Wildman–Crippen LogP) is 2.53. The van der Waals surface area contributed by atoms with Gasteiger partial charge in [0.05, 0.1) is 6.54 Å². The largest absolute Gasteiger partial charge is 0.491 e. The van der Waals surface area contributed by atoms with Crippen molar-refractivity contribution in [2.75, 3.05) is 32.8 Å². The van der Waals surface area contributed by atoms with Crippen molar-refractivity contribution in [3.63, 3.8) is 0 Å². The van der Waals surface area contributed by atoms with Crippen molar-refractivity contribution in [3.05, 3.63) is 29.8 Å². The molecule has 1 heterocycles. The summed E-state index contributed by atoms with van der Waals surface area (Å²) >= 11 is 0. The zero-order valence-electron chi connectivity index (χ0n) is 17.1. The number of nitrogens with one attached hydrogen (secondary N) is 2. The summed E-state index contributed by atoms with van der Waals surface area (Å²) in [7, 11) is 0. The monoisotopic (exact) mass is 502 g/mol. The van der Waals surface area contributed by atoms with Crippen LogP contribution in [0, 0.1) is 6.92 Å². The van der Waals surface area contributed by atoms with Crippen LogP contribution in [-0.4, -0.2) is 66.9 Å². The number of aliphatic hydroxyl groups excluding tert-OH is 1. The van der Waals surface area contributed by atoms with Gasteiger partial charge in [0.1, 0.15) is 18.5 Å². The van der Waals surface area contributed by atoms with Crippen molar-refractivity contribution in [3.8, 4) is 5.75 Å². The third kappa shape index (κ3) is 7.75. The first-order valence-corrected chi connectivity index (χ1v) is 10.3. The summed E-state index contributed by atoms with van der Waals surface area (Å²) in [6.07, 6.45) is 4.44. The Morgan fingerprint density at radius 1 is 1.29 bits per heavy atom. The molecule has 0 amide bonds. The summed E-state index contributed by atoms with van der Waals surface area (Å²) in [5.41, 5.74) is 1.14. The van der Waals surface area contributed by atoms with E-state index in [1.54, 1.807) is 0 Å². The molecule has 2 fully saturated rings. The lowest BCUT2D eigenvalue weighted by molar-refractivity contribution is 0.114. The summed E-state index contributed by atoms with van der Waals surface area (Å²) in [6.45, 7) is 7.81. The Morgan fingerprint density at radius 2 is 2.04 bits per heavy atom. The second kappa shape index (κ2) is 11.8. The predicted molar refractivity (Wildman–Crippen MR) is 125 cm³/mol. The number of hydrogen-bond donors (Lipinski definition) is 3. The standard InChI is InChI=1S/C21H34N4O2.HI/c1-3-22-21(24-17-9-11-25(12-10-17)18-7-8-18)23-14-19(26)15-27-20-6-4-5-16(2)13-20;/h4-6,13,17-19,26H,3,7-12,14-15H2,1-2H3,(H2,22,23,24);1H. The minimum atomic E-state index is -0.627. The maximum absolute atomic E-state index is 10.2. The molecule has 3 rings (SSSR count). The lowest BCUT2D eigenvalue weighted by Gasteiger charge is -2.33. The van der Waals surface area contributed by atoms with Crippen LogP contribution in [0.15, 0.2) is 29.3 Å². The lowest BCUT2D eigenvalue weighted by atomic mass is 10.1. The van der Waals surface area contributed by atoms with E-state index in [0.717, 1.165) is 42.7 Å². The Balaban J connectivity index is 0.00000280. The van der Waals surface area contributed by atoms with Gasteiger partial charge < -0.3 is 25.4 Å². The van der Waals surface area contributed by atoms with Gasteiger partial charge in [0, 0.05) is 31.7 Å². The maximum Gasteiger partial charge on any atom is 0.191 e. The number of guanidine groups is 1. The van der Waals surface area contributed by atoms with Crippen molar-refractivity contribution in [2.45, 2.75) is 57.7 Å². The van der Waals surface area contributed by atoms with Gasteiger partial charge in [0.2, 0.25) is 0 Å². The molecule has 1 atom stereocenters. The van der Waals surface area contributed by atoms with Crippen LogP contribution in [-0.2, 0) is 0 Å². The van der Waals surface area contributed by atoms with Gasteiger partial charge in [0.25, 0.3) is 0 Å². The number of benzene rings is 1. The van der Waals surface area contributed by atoms with Crippen LogP contribution < -0.4 is 15.4 Å². The fraction of sp³-hybridized carbons (Fsp3) is 0.667. The molecule has 0 spiro atoms. The van der Waals surface area contributed by atoms with Gasteiger partial charge in [0.15, 0.2) is 5.96 Å². The molecule has 7 heteroatoms. The molecule has 1 aromatic carbocycles. The molecule has 1 aliphatic carbocycles. The van der Waals surface area contributed by atoms with Gasteiger partial charge in [-0.25, -0.2) is 0 Å². The number of halogens is 1. The Bertz CT molecular complexity index is 616. The fourth-order valence-corrected chi connectivity index (χ4v) is 3.51. The van der Waals surface area contributed by atoms with Crippen LogP contribution in [0.25, 0.3) is 0 Å². The number of ether oxygens (including phenoxy) is 1. The molecule has 0 bridgehead atoms. The maximum atomic E-state index is 10.2. The fourth-order valence-electron chi connectivity index (χ4n) is 3.51. The summed E-state index contributed by atoms with van der Waals surface area (Å²) < 4.78 is 5.67. The SMILES string of the molecule is CCNC(=NCC(O)COc1cccc(C)c1)NC1CCN(C2CC2)CC1.I. The lowest BCUT2D eigenvalue weighted by Crippen LogP contribution is -2.49. The first-order chi connectivity index (χ1) is 13.1. The molecule has 3 N–H and O–H groups in total. The Labute approximate surface area is 186 Å². The van der Waals surface area contributed by atoms with Crippen LogP contribution in [0.5, 0.6) is 5.75 Å². The average molecular weight is 502 g/mol. The van der Waals surface area contributed by atoms with Crippen molar-refractivity contribution >= 4 is 29.9 Å². The number of rotatable bonds is 8. The zero-order valence-corrected chi connectivity index (χ0v) is 19.4. The number of hydrogen-bond acceptors (Lipinski definition) is 4. The summed E-state index contributed by atoms with van der Waals surface area (Å²) in [6, 6.07) is 9.17. The summed E-state index contributed by atoms with van der Waals surface area (Å²) in [5.74, 6) is 1.57. The number of piperidine rings is 1. The van der Waals surface area contributed by atoms with Crippen LogP contribution >= 0.6 is 24.0 Å². The smallest absolute Gasteiger partial charge is 0.191 e. The minimum absolute atomic E-state index is 0. The molecule has 0 aromatic heterocycles. The van der Waals surface area contributed by atoms with E-state index in [-0.39, 0.29) is 30.6 Å². The number of aryl methyl sites for hydroxylation is 1. The van der Waals surface area contributed by atoms with Crippen molar-refractivity contribution in [1.29, 1.82) is 0 Å². The van der Waals surface area contributed by atoms with Crippen LogP contribution in [0.3, 0.4) is 0 Å². The normalized spacial score (nSPS) is 19.6. The first kappa shape index (κ1) is 23.2. The number of likely N-dealkylation sites (tertiary alicyclic amines) is 1. The first-order valence-electron chi connectivity index (χ1n) is 10.3. The van der Waals surface area contributed by atoms with Crippen molar-refractivity contribution in [2.24, 2.45) is 4.99 Å². The molecule has 28 heavy (non-hydrogen) atoms. The highest BCUT2D eigenvalue weighted by Crippen LogP contribution is 2.29. The van der Waals surface area contributed by atoms with E-state index in [1.807, 2.05) is 31.2 Å². The molecule has 1 saturated heterocycles. The molecule has 1 aliphatic heterocycles. The van der Waals surface area contributed by atoms with Crippen molar-refractivity contribution < 1.29 is 9.84 Å². The molecule has 1 saturated carbocycles. The van der Waals surface area contributed by atoms with Gasteiger partial charge in [-0.1, -0.05) is 12.1 Å². The van der Waals surface area contributed by atoms with Gasteiger partial charge in [-0.15, -0.1) is 24.0 Å². The van der Waals surface area contributed by atoms with Gasteiger partial charge in [-0.05, 0) is 57.2 Å². The number of aliphatic hydroxyl groups is 1. The molecular formula is C21H35IN4O2. The summed E-state index contributed by atoms with van der Waals surface area (Å²) in [4.78, 5) is 7.17. The highest BCUT2D eigenvalue weighted by atomic mass is 127. The van der Waals surface area contributed by atoms with E-state index < -0.39 is 6.10 Å². The quantitative estimate of drug-likeness (QED) is 0.290. The van der Waals surface area contributed by atoms with Crippen LogP contribution in [0.4, 0.5) is 0 Å².